The summed E-state index contributed by atoms with van der Waals surface area (Å²) in [6, 6.07) is 2.62. The highest BCUT2D eigenvalue weighted by molar-refractivity contribution is 7.90. The molecule has 0 aliphatic carbocycles. The number of carbonyl (C=O) groups excluding carboxylic acids is 2. The second kappa shape index (κ2) is 6.12. The minimum atomic E-state index is -3.99. The fourth-order valence-corrected chi connectivity index (χ4v) is 4.54. The third-order valence-corrected chi connectivity index (χ3v) is 6.11. The molecule has 3 rings (SSSR count). The quantitative estimate of drug-likeness (QED) is 0.782. The lowest BCUT2D eigenvalue weighted by molar-refractivity contribution is -0.147. The first-order chi connectivity index (χ1) is 11.8. The molecular formula is C15H16N2O7S. The smallest absolute Gasteiger partial charge is 0.328 e. The van der Waals surface area contributed by atoms with Gasteiger partial charge in [0.15, 0.2) is 6.04 Å². The Balaban J connectivity index is 2.00. The van der Waals surface area contributed by atoms with E-state index in [4.69, 9.17) is 4.74 Å². The first kappa shape index (κ1) is 17.4. The number of hydrogen-bond donors (Lipinski definition) is 1. The van der Waals surface area contributed by atoms with Gasteiger partial charge >= 0.3 is 5.97 Å². The van der Waals surface area contributed by atoms with E-state index in [-0.39, 0.29) is 42.3 Å². The van der Waals surface area contributed by atoms with Crippen molar-refractivity contribution in [3.05, 3.63) is 29.3 Å². The number of ether oxygens (including phenoxy) is 1. The highest BCUT2D eigenvalue weighted by Gasteiger charge is 2.41. The molecule has 1 N–H and O–H groups in total. The summed E-state index contributed by atoms with van der Waals surface area (Å²) >= 11 is 0. The predicted molar refractivity (Wildman–Crippen MR) is 83.6 cm³/mol. The summed E-state index contributed by atoms with van der Waals surface area (Å²) in [4.78, 5) is 37.0. The first-order valence-corrected chi connectivity index (χ1v) is 9.05. The topological polar surface area (TPSA) is 121 Å². The Morgan fingerprint density at radius 1 is 1.36 bits per heavy atom. The van der Waals surface area contributed by atoms with Crippen LogP contribution in [0.4, 0.5) is 0 Å². The maximum absolute atomic E-state index is 12.7. The van der Waals surface area contributed by atoms with Crippen molar-refractivity contribution in [3.63, 3.8) is 0 Å². The molecule has 1 atom stereocenters. The molecule has 1 unspecified atom stereocenters. The van der Waals surface area contributed by atoms with E-state index in [9.17, 15) is 27.9 Å². The number of morpholine rings is 1. The number of hydrogen-bond acceptors (Lipinski definition) is 6. The van der Waals surface area contributed by atoms with Crippen LogP contribution in [0.25, 0.3) is 0 Å². The third-order valence-electron chi connectivity index (χ3n) is 4.22. The van der Waals surface area contributed by atoms with Crippen molar-refractivity contribution in [2.75, 3.05) is 26.3 Å². The number of carboxylic acid groups (broad SMARTS) is 1. The van der Waals surface area contributed by atoms with Crippen molar-refractivity contribution in [2.45, 2.75) is 17.9 Å². The van der Waals surface area contributed by atoms with Crippen molar-refractivity contribution in [1.29, 1.82) is 0 Å². The van der Waals surface area contributed by atoms with Crippen LogP contribution in [-0.2, 0) is 19.6 Å². The Hall–Kier alpha value is -2.46. The van der Waals surface area contributed by atoms with Gasteiger partial charge in [0.25, 0.3) is 21.8 Å². The number of aliphatic carboxylic acids is 1. The number of carboxylic acids is 1. The third kappa shape index (κ3) is 2.67. The summed E-state index contributed by atoms with van der Waals surface area (Å²) in [7, 11) is -3.99. The van der Waals surface area contributed by atoms with E-state index in [1.165, 1.54) is 12.1 Å². The fourth-order valence-electron chi connectivity index (χ4n) is 2.94. The number of carbonyl (C=O) groups is 3. The van der Waals surface area contributed by atoms with Gasteiger partial charge in [0.1, 0.15) is 4.90 Å². The van der Waals surface area contributed by atoms with Crippen LogP contribution in [0.15, 0.2) is 23.1 Å². The Morgan fingerprint density at radius 3 is 2.72 bits per heavy atom. The lowest BCUT2D eigenvalue weighted by Gasteiger charge is -2.32. The minimum Gasteiger partial charge on any atom is -0.480 e. The van der Waals surface area contributed by atoms with Crippen molar-refractivity contribution in [3.8, 4) is 0 Å². The van der Waals surface area contributed by atoms with E-state index in [0.29, 0.717) is 0 Å². The van der Waals surface area contributed by atoms with Crippen LogP contribution in [-0.4, -0.2) is 72.9 Å². The van der Waals surface area contributed by atoms with Crippen molar-refractivity contribution in [1.82, 2.24) is 9.21 Å². The van der Waals surface area contributed by atoms with Crippen LogP contribution in [0.1, 0.15) is 27.6 Å². The SMILES string of the molecule is CCN1C(=O)c2ccc(C(=O)N3CCOCC3C(=O)O)cc2S1(=O)=O. The zero-order chi connectivity index (χ0) is 18.4. The van der Waals surface area contributed by atoms with Crippen molar-refractivity contribution in [2.24, 2.45) is 0 Å². The Labute approximate surface area is 143 Å². The molecule has 2 amide bonds. The lowest BCUT2D eigenvalue weighted by Crippen LogP contribution is -2.52. The minimum absolute atomic E-state index is 0.00941. The van der Waals surface area contributed by atoms with Gasteiger partial charge < -0.3 is 14.7 Å². The highest BCUT2D eigenvalue weighted by Crippen LogP contribution is 2.31. The Bertz CT molecular complexity index is 865. The van der Waals surface area contributed by atoms with Crippen LogP contribution in [0.2, 0.25) is 0 Å². The summed E-state index contributed by atoms with van der Waals surface area (Å²) in [6.07, 6.45) is 0. The zero-order valence-electron chi connectivity index (χ0n) is 13.3. The number of nitrogens with zero attached hydrogens (tertiary/aromatic N) is 2. The molecule has 1 aromatic rings. The highest BCUT2D eigenvalue weighted by atomic mass is 32.2. The van der Waals surface area contributed by atoms with E-state index >= 15 is 0 Å². The van der Waals surface area contributed by atoms with Gasteiger partial charge in [-0.15, -0.1) is 0 Å². The van der Waals surface area contributed by atoms with E-state index in [2.05, 4.69) is 0 Å². The average molecular weight is 368 g/mol. The van der Waals surface area contributed by atoms with Gasteiger partial charge in [0.05, 0.1) is 18.8 Å². The van der Waals surface area contributed by atoms with Gasteiger partial charge in [-0.25, -0.2) is 17.5 Å². The number of sulfonamides is 1. The number of amides is 2. The van der Waals surface area contributed by atoms with Gasteiger partial charge in [-0.05, 0) is 25.1 Å². The lowest BCUT2D eigenvalue weighted by atomic mass is 10.1. The molecule has 1 saturated heterocycles. The van der Waals surface area contributed by atoms with E-state index in [0.717, 1.165) is 15.3 Å². The van der Waals surface area contributed by atoms with Crippen LogP contribution in [0, 0.1) is 0 Å². The monoisotopic (exact) mass is 368 g/mol. The van der Waals surface area contributed by atoms with Gasteiger partial charge in [-0.3, -0.25) is 9.59 Å². The molecule has 2 aliphatic heterocycles. The van der Waals surface area contributed by atoms with Crippen LogP contribution in [0.5, 0.6) is 0 Å². The predicted octanol–water partition coefficient (Wildman–Crippen LogP) is -0.223. The average Bonchev–Trinajstić information content (AvgIpc) is 2.79. The van der Waals surface area contributed by atoms with E-state index < -0.39 is 33.8 Å². The molecule has 0 saturated carbocycles. The molecule has 0 spiro atoms. The molecule has 1 aromatic carbocycles. The molecule has 0 bridgehead atoms. The standard InChI is InChI=1S/C15H16N2O7S/c1-2-17-14(19)10-4-3-9(7-12(10)25(17,22)23)13(18)16-5-6-24-8-11(16)15(20)21/h3-4,7,11H,2,5-6,8H2,1H3,(H,20,21). The Morgan fingerprint density at radius 2 is 2.08 bits per heavy atom. The van der Waals surface area contributed by atoms with Crippen LogP contribution in [0.3, 0.4) is 0 Å². The largest absolute Gasteiger partial charge is 0.480 e. The zero-order valence-corrected chi connectivity index (χ0v) is 14.2. The van der Waals surface area contributed by atoms with Gasteiger partial charge in [-0.1, -0.05) is 0 Å². The van der Waals surface area contributed by atoms with E-state index in [1.54, 1.807) is 6.92 Å². The van der Waals surface area contributed by atoms with Crippen molar-refractivity contribution >= 4 is 27.8 Å². The summed E-state index contributed by atoms with van der Waals surface area (Å²) < 4.78 is 30.7. The number of benzene rings is 1. The van der Waals surface area contributed by atoms with Crippen LogP contribution < -0.4 is 0 Å². The van der Waals surface area contributed by atoms with Gasteiger partial charge in [0.2, 0.25) is 0 Å². The molecule has 2 aliphatic rings. The summed E-state index contributed by atoms with van der Waals surface area (Å²) in [5, 5.41) is 9.22. The second-order valence-corrected chi connectivity index (χ2v) is 7.44. The summed E-state index contributed by atoms with van der Waals surface area (Å²) in [5.74, 6) is -2.45. The maximum Gasteiger partial charge on any atom is 0.328 e. The van der Waals surface area contributed by atoms with Crippen LogP contribution >= 0.6 is 0 Å². The normalized spacial score (nSPS) is 22.0. The molecule has 134 valence electrons. The number of fused-ring (bicyclic) bond motifs is 1. The molecular weight excluding hydrogens is 352 g/mol. The second-order valence-electron chi connectivity index (χ2n) is 5.61. The molecule has 10 heteroatoms. The first-order valence-electron chi connectivity index (χ1n) is 7.61. The Kier molecular flexibility index (Phi) is 4.25. The fraction of sp³-hybridized carbons (Fsp3) is 0.400. The molecule has 1 fully saturated rings. The van der Waals surface area contributed by atoms with E-state index in [1.807, 2.05) is 0 Å². The molecule has 25 heavy (non-hydrogen) atoms. The molecule has 9 nitrogen and oxygen atoms in total. The summed E-state index contributed by atoms with van der Waals surface area (Å²) in [5.41, 5.74) is 0.0244. The summed E-state index contributed by atoms with van der Waals surface area (Å²) in [6.45, 7) is 1.68. The molecule has 0 aromatic heterocycles. The molecule has 0 radical (unpaired) electrons. The molecule has 2 heterocycles. The van der Waals surface area contributed by atoms with Gasteiger partial charge in [-0.2, -0.15) is 0 Å². The maximum atomic E-state index is 12.7. The number of rotatable bonds is 3. The van der Waals surface area contributed by atoms with Crippen molar-refractivity contribution < 1.29 is 32.6 Å². The van der Waals surface area contributed by atoms with Gasteiger partial charge in [0, 0.05) is 18.7 Å².